The monoisotopic (exact) mass is 303 g/mol. The third kappa shape index (κ3) is 17.3. The molecule has 0 aromatic rings. The van der Waals surface area contributed by atoms with Crippen molar-refractivity contribution in [2.24, 2.45) is 5.73 Å². The fourth-order valence-corrected chi connectivity index (χ4v) is 2.11. The van der Waals surface area contributed by atoms with Gasteiger partial charge in [0.2, 0.25) is 0 Å². The maximum Gasteiger partial charge on any atom is 0.303 e. The third-order valence-electron chi connectivity index (χ3n) is 3.92. The Morgan fingerprint density at radius 2 is 1.43 bits per heavy atom. The molecule has 0 saturated heterocycles. The van der Waals surface area contributed by atoms with E-state index in [1.54, 1.807) is 0 Å². The van der Waals surface area contributed by atoms with Gasteiger partial charge in [-0.2, -0.15) is 0 Å². The van der Waals surface area contributed by atoms with E-state index in [2.05, 4.69) is 6.92 Å². The zero-order valence-electron chi connectivity index (χ0n) is 14.4. The molecule has 0 aromatic heterocycles. The lowest BCUT2D eigenvalue weighted by atomic mass is 9.94. The first-order chi connectivity index (χ1) is 9.95. The largest absolute Gasteiger partial charge is 0.481 e. The van der Waals surface area contributed by atoms with E-state index < -0.39 is 11.6 Å². The van der Waals surface area contributed by atoms with Gasteiger partial charge in [-0.1, -0.05) is 59.3 Å². The summed E-state index contributed by atoms with van der Waals surface area (Å²) in [5, 5.41) is 17.9. The van der Waals surface area contributed by atoms with E-state index in [1.807, 2.05) is 13.8 Å². The zero-order chi connectivity index (χ0) is 16.6. The SMILES string of the molecule is CCC(O)(CC)CCN.CCCCCCCCCC(=O)O. The van der Waals surface area contributed by atoms with Gasteiger partial charge >= 0.3 is 5.97 Å². The molecule has 21 heavy (non-hydrogen) atoms. The minimum absolute atomic E-state index is 0.341. The van der Waals surface area contributed by atoms with Crippen LogP contribution in [0.2, 0.25) is 0 Å². The smallest absolute Gasteiger partial charge is 0.303 e. The number of hydrogen-bond acceptors (Lipinski definition) is 3. The highest BCUT2D eigenvalue weighted by Crippen LogP contribution is 2.17. The van der Waals surface area contributed by atoms with Gasteiger partial charge in [-0.15, -0.1) is 0 Å². The summed E-state index contributed by atoms with van der Waals surface area (Å²) in [6.07, 6.45) is 11.0. The quantitative estimate of drug-likeness (QED) is 0.474. The van der Waals surface area contributed by atoms with Crippen molar-refractivity contribution < 1.29 is 15.0 Å². The Morgan fingerprint density at radius 1 is 0.952 bits per heavy atom. The average molecular weight is 303 g/mol. The summed E-state index contributed by atoms with van der Waals surface area (Å²) in [7, 11) is 0. The van der Waals surface area contributed by atoms with Crippen LogP contribution in [0.3, 0.4) is 0 Å². The first kappa shape index (κ1) is 22.7. The molecule has 0 aliphatic rings. The van der Waals surface area contributed by atoms with Crippen LogP contribution in [-0.4, -0.2) is 28.3 Å². The van der Waals surface area contributed by atoms with E-state index in [4.69, 9.17) is 10.8 Å². The summed E-state index contributed by atoms with van der Waals surface area (Å²) in [5.41, 5.74) is 4.81. The summed E-state index contributed by atoms with van der Waals surface area (Å²) < 4.78 is 0. The van der Waals surface area contributed by atoms with Gasteiger partial charge in [-0.25, -0.2) is 0 Å². The van der Waals surface area contributed by atoms with Crippen molar-refractivity contribution in [1.29, 1.82) is 0 Å². The van der Waals surface area contributed by atoms with Crippen molar-refractivity contribution >= 4 is 5.97 Å². The Kier molecular flexibility index (Phi) is 17.0. The normalized spacial score (nSPS) is 10.9. The van der Waals surface area contributed by atoms with Crippen LogP contribution >= 0.6 is 0 Å². The molecule has 0 unspecified atom stereocenters. The van der Waals surface area contributed by atoms with E-state index in [0.29, 0.717) is 13.0 Å². The van der Waals surface area contributed by atoms with Gasteiger partial charge in [0, 0.05) is 6.42 Å². The number of aliphatic hydroxyl groups is 1. The summed E-state index contributed by atoms with van der Waals surface area (Å²) in [6.45, 7) is 6.75. The van der Waals surface area contributed by atoms with E-state index in [0.717, 1.165) is 32.1 Å². The standard InChI is InChI=1S/C10H20O2.C7H17NO/c1-2-3-4-5-6-7-8-9-10(11)12;1-3-7(9,4-2)5-6-8/h2-9H2,1H3,(H,11,12);9H,3-6,8H2,1-2H3. The van der Waals surface area contributed by atoms with Gasteiger partial charge in [-0.05, 0) is 32.2 Å². The molecule has 0 saturated carbocycles. The van der Waals surface area contributed by atoms with E-state index >= 15 is 0 Å². The van der Waals surface area contributed by atoms with Gasteiger partial charge in [-0.3, -0.25) is 4.79 Å². The highest BCUT2D eigenvalue weighted by Gasteiger charge is 2.19. The van der Waals surface area contributed by atoms with Gasteiger partial charge in [0.15, 0.2) is 0 Å². The second-order valence-corrected chi connectivity index (χ2v) is 5.74. The molecular weight excluding hydrogens is 266 g/mol. The molecule has 0 fully saturated rings. The molecule has 4 N–H and O–H groups in total. The first-order valence-corrected chi connectivity index (χ1v) is 8.60. The molecule has 0 atom stereocenters. The summed E-state index contributed by atoms with van der Waals surface area (Å²) in [5.74, 6) is -0.663. The highest BCUT2D eigenvalue weighted by molar-refractivity contribution is 5.66. The number of carboxylic acids is 1. The van der Waals surface area contributed by atoms with E-state index in [9.17, 15) is 9.90 Å². The van der Waals surface area contributed by atoms with Crippen LogP contribution in [0.25, 0.3) is 0 Å². The summed E-state index contributed by atoms with van der Waals surface area (Å²) >= 11 is 0. The number of nitrogens with two attached hydrogens (primary N) is 1. The molecule has 0 aromatic carbocycles. The lowest BCUT2D eigenvalue weighted by Gasteiger charge is -2.23. The van der Waals surface area contributed by atoms with Gasteiger partial charge in [0.05, 0.1) is 5.60 Å². The molecular formula is C17H37NO3. The molecule has 0 radical (unpaired) electrons. The molecule has 0 rings (SSSR count). The van der Waals surface area contributed by atoms with Gasteiger partial charge < -0.3 is 15.9 Å². The fourth-order valence-electron chi connectivity index (χ4n) is 2.11. The van der Waals surface area contributed by atoms with Crippen molar-refractivity contribution in [3.8, 4) is 0 Å². The minimum Gasteiger partial charge on any atom is -0.481 e. The van der Waals surface area contributed by atoms with Crippen LogP contribution in [-0.2, 0) is 4.79 Å². The van der Waals surface area contributed by atoms with Crippen molar-refractivity contribution in [3.63, 3.8) is 0 Å². The maximum absolute atomic E-state index is 10.1. The zero-order valence-corrected chi connectivity index (χ0v) is 14.4. The fraction of sp³-hybridized carbons (Fsp3) is 0.941. The summed E-state index contributed by atoms with van der Waals surface area (Å²) in [6, 6.07) is 0. The maximum atomic E-state index is 10.1. The second kappa shape index (κ2) is 15.8. The van der Waals surface area contributed by atoms with Crippen LogP contribution in [0.15, 0.2) is 0 Å². The number of rotatable bonds is 12. The van der Waals surface area contributed by atoms with Crippen LogP contribution < -0.4 is 5.73 Å². The van der Waals surface area contributed by atoms with Gasteiger partial charge in [0.1, 0.15) is 0 Å². The number of carboxylic acid groups (broad SMARTS) is 1. The Morgan fingerprint density at radius 3 is 1.76 bits per heavy atom. The van der Waals surface area contributed by atoms with Gasteiger partial charge in [0.25, 0.3) is 0 Å². The Labute approximate surface area is 131 Å². The predicted octanol–water partition coefficient (Wildman–Crippen LogP) is 4.10. The highest BCUT2D eigenvalue weighted by atomic mass is 16.4. The van der Waals surface area contributed by atoms with Crippen molar-refractivity contribution in [3.05, 3.63) is 0 Å². The lowest BCUT2D eigenvalue weighted by molar-refractivity contribution is -0.137. The Balaban J connectivity index is 0. The molecule has 0 aliphatic carbocycles. The molecule has 4 nitrogen and oxygen atoms in total. The average Bonchev–Trinajstić information content (AvgIpc) is 2.47. The summed E-state index contributed by atoms with van der Waals surface area (Å²) in [4.78, 5) is 10.1. The first-order valence-electron chi connectivity index (χ1n) is 8.60. The molecule has 128 valence electrons. The lowest BCUT2D eigenvalue weighted by Crippen LogP contribution is -2.29. The number of aliphatic carboxylic acids is 1. The Bertz CT molecular complexity index is 228. The van der Waals surface area contributed by atoms with Crippen molar-refractivity contribution in [2.75, 3.05) is 6.54 Å². The molecule has 4 heteroatoms. The van der Waals surface area contributed by atoms with Crippen molar-refractivity contribution in [1.82, 2.24) is 0 Å². The van der Waals surface area contributed by atoms with E-state index in [1.165, 1.54) is 32.1 Å². The van der Waals surface area contributed by atoms with Crippen LogP contribution in [0.5, 0.6) is 0 Å². The molecule has 0 heterocycles. The van der Waals surface area contributed by atoms with Crippen LogP contribution in [0.1, 0.15) is 91.4 Å². The number of unbranched alkanes of at least 4 members (excludes halogenated alkanes) is 6. The Hall–Kier alpha value is -0.610. The van der Waals surface area contributed by atoms with Crippen LogP contribution in [0, 0.1) is 0 Å². The second-order valence-electron chi connectivity index (χ2n) is 5.74. The van der Waals surface area contributed by atoms with Crippen LogP contribution in [0.4, 0.5) is 0 Å². The number of hydrogen-bond donors (Lipinski definition) is 3. The predicted molar refractivity (Wildman–Crippen MR) is 89.4 cm³/mol. The molecule has 0 bridgehead atoms. The van der Waals surface area contributed by atoms with Crippen molar-refractivity contribution in [2.45, 2.75) is 97.0 Å². The number of carbonyl (C=O) groups is 1. The minimum atomic E-state index is -0.663. The molecule has 0 aliphatic heterocycles. The topological polar surface area (TPSA) is 83.5 Å². The molecule has 0 amide bonds. The van der Waals surface area contributed by atoms with E-state index in [-0.39, 0.29) is 0 Å². The third-order valence-corrected chi connectivity index (χ3v) is 3.92. The molecule has 0 spiro atoms.